The van der Waals surface area contributed by atoms with Crippen LogP contribution in [0.25, 0.3) is 16.3 Å². The predicted molar refractivity (Wildman–Crippen MR) is 131 cm³/mol. The van der Waals surface area contributed by atoms with E-state index in [1.54, 1.807) is 12.1 Å². The van der Waals surface area contributed by atoms with Gasteiger partial charge in [0, 0.05) is 24.1 Å². The van der Waals surface area contributed by atoms with Gasteiger partial charge in [-0.25, -0.2) is 14.2 Å². The summed E-state index contributed by atoms with van der Waals surface area (Å²) >= 11 is 1.14. The SMILES string of the molecule is COC(=O)c1sc2nc(CN(C)[C@H](C)c3ccon3)ccc2c1NC(=O)/C=C/c1cccc(F)c1. The molecule has 10 heteroatoms. The van der Waals surface area contributed by atoms with Crippen molar-refractivity contribution in [3.05, 3.63) is 82.4 Å². The number of aromatic nitrogens is 2. The minimum absolute atomic E-state index is 0.0138. The Bertz CT molecular complexity index is 1380. The molecule has 0 aliphatic rings. The highest BCUT2D eigenvalue weighted by Crippen LogP contribution is 2.36. The molecule has 0 fully saturated rings. The molecule has 4 rings (SSSR count). The van der Waals surface area contributed by atoms with Crippen molar-refractivity contribution in [2.45, 2.75) is 19.5 Å². The Labute approximate surface area is 205 Å². The van der Waals surface area contributed by atoms with E-state index >= 15 is 0 Å². The molecule has 0 spiro atoms. The molecule has 0 unspecified atom stereocenters. The van der Waals surface area contributed by atoms with E-state index in [0.29, 0.717) is 28.0 Å². The van der Waals surface area contributed by atoms with Gasteiger partial charge in [0.15, 0.2) is 0 Å². The van der Waals surface area contributed by atoms with Crippen LogP contribution in [-0.4, -0.2) is 41.1 Å². The number of nitrogens with one attached hydrogen (secondary N) is 1. The number of ether oxygens (including phenoxy) is 1. The number of amides is 1. The Balaban J connectivity index is 1.57. The maximum atomic E-state index is 13.4. The summed E-state index contributed by atoms with van der Waals surface area (Å²) in [7, 11) is 3.23. The third-order valence-corrected chi connectivity index (χ3v) is 6.55. The Hall–Kier alpha value is -3.89. The van der Waals surface area contributed by atoms with E-state index in [1.807, 2.05) is 32.2 Å². The van der Waals surface area contributed by atoms with E-state index in [9.17, 15) is 14.0 Å². The van der Waals surface area contributed by atoms with Gasteiger partial charge < -0.3 is 14.6 Å². The monoisotopic (exact) mass is 494 g/mol. The molecule has 1 aromatic carbocycles. The Morgan fingerprint density at radius 2 is 2.11 bits per heavy atom. The lowest BCUT2D eigenvalue weighted by Gasteiger charge is -2.22. The summed E-state index contributed by atoms with van der Waals surface area (Å²) < 4.78 is 23.2. The summed E-state index contributed by atoms with van der Waals surface area (Å²) in [6.45, 7) is 2.55. The molecular weight excluding hydrogens is 471 g/mol. The number of carbonyl (C=O) groups excluding carboxylic acids is 2. The second kappa shape index (κ2) is 10.6. The predicted octanol–water partition coefficient (Wildman–Crippen LogP) is 5.05. The number of methoxy groups -OCH3 is 1. The van der Waals surface area contributed by atoms with Crippen molar-refractivity contribution in [2.24, 2.45) is 0 Å². The molecule has 3 heterocycles. The van der Waals surface area contributed by atoms with Crippen molar-refractivity contribution in [3.8, 4) is 0 Å². The molecule has 8 nitrogen and oxygen atoms in total. The quantitative estimate of drug-likeness (QED) is 0.270. The molecule has 0 bridgehead atoms. The van der Waals surface area contributed by atoms with Gasteiger partial charge in [-0.05, 0) is 49.9 Å². The summed E-state index contributed by atoms with van der Waals surface area (Å²) in [4.78, 5) is 32.6. The van der Waals surface area contributed by atoms with Crippen LogP contribution >= 0.6 is 11.3 Å². The zero-order valence-corrected chi connectivity index (χ0v) is 20.1. The summed E-state index contributed by atoms with van der Waals surface area (Å²) in [5.74, 6) is -1.44. The number of carbonyl (C=O) groups is 2. The van der Waals surface area contributed by atoms with E-state index in [4.69, 9.17) is 14.2 Å². The van der Waals surface area contributed by atoms with Crippen molar-refractivity contribution >= 4 is 45.2 Å². The fraction of sp³-hybridized carbons (Fsp3) is 0.200. The average molecular weight is 495 g/mol. The van der Waals surface area contributed by atoms with E-state index in [2.05, 4.69) is 15.4 Å². The van der Waals surface area contributed by atoms with Gasteiger partial charge in [-0.3, -0.25) is 9.69 Å². The molecule has 0 saturated heterocycles. The Morgan fingerprint density at radius 3 is 2.83 bits per heavy atom. The molecule has 4 aromatic rings. The molecule has 0 aliphatic heterocycles. The van der Waals surface area contributed by atoms with Crippen LogP contribution in [0.5, 0.6) is 0 Å². The van der Waals surface area contributed by atoms with Crippen LogP contribution in [0.1, 0.15) is 39.6 Å². The molecule has 0 aliphatic carbocycles. The third kappa shape index (κ3) is 5.61. The van der Waals surface area contributed by atoms with Crippen LogP contribution in [0.15, 0.2) is 59.3 Å². The number of nitrogens with zero attached hydrogens (tertiary/aromatic N) is 3. The summed E-state index contributed by atoms with van der Waals surface area (Å²) in [6, 6.07) is 11.4. The van der Waals surface area contributed by atoms with Crippen molar-refractivity contribution in [3.63, 3.8) is 0 Å². The van der Waals surface area contributed by atoms with Gasteiger partial charge >= 0.3 is 5.97 Å². The number of halogens is 1. The highest BCUT2D eigenvalue weighted by molar-refractivity contribution is 7.21. The maximum Gasteiger partial charge on any atom is 0.350 e. The lowest BCUT2D eigenvalue weighted by molar-refractivity contribution is -0.111. The molecule has 0 saturated carbocycles. The van der Waals surface area contributed by atoms with Crippen LogP contribution in [-0.2, 0) is 16.1 Å². The van der Waals surface area contributed by atoms with Crippen LogP contribution in [0.2, 0.25) is 0 Å². The number of pyridine rings is 1. The van der Waals surface area contributed by atoms with Gasteiger partial charge in [-0.15, -0.1) is 11.3 Å². The van der Waals surface area contributed by atoms with Crippen LogP contribution in [0.3, 0.4) is 0 Å². The highest BCUT2D eigenvalue weighted by Gasteiger charge is 2.22. The van der Waals surface area contributed by atoms with Gasteiger partial charge in [0.05, 0.1) is 24.5 Å². The van der Waals surface area contributed by atoms with E-state index < -0.39 is 17.7 Å². The first-order valence-corrected chi connectivity index (χ1v) is 11.5. The maximum absolute atomic E-state index is 13.4. The summed E-state index contributed by atoms with van der Waals surface area (Å²) in [5.41, 5.74) is 2.47. The lowest BCUT2D eigenvalue weighted by atomic mass is 10.2. The van der Waals surface area contributed by atoms with Gasteiger partial charge in [0.25, 0.3) is 0 Å². The van der Waals surface area contributed by atoms with Gasteiger partial charge in [0.1, 0.15) is 27.5 Å². The normalized spacial score (nSPS) is 12.4. The van der Waals surface area contributed by atoms with E-state index in [1.165, 1.54) is 37.7 Å². The summed E-state index contributed by atoms with van der Waals surface area (Å²) in [6.07, 6.45) is 4.31. The number of thiophene rings is 1. The number of hydrogen-bond donors (Lipinski definition) is 1. The smallest absolute Gasteiger partial charge is 0.350 e. The van der Waals surface area contributed by atoms with Crippen LogP contribution in [0.4, 0.5) is 10.1 Å². The zero-order chi connectivity index (χ0) is 24.9. The number of esters is 1. The number of rotatable bonds is 8. The first kappa shape index (κ1) is 24.2. The molecular formula is C25H23FN4O4S. The first-order chi connectivity index (χ1) is 16.9. The first-order valence-electron chi connectivity index (χ1n) is 10.7. The summed E-state index contributed by atoms with van der Waals surface area (Å²) in [5, 5.41) is 7.36. The lowest BCUT2D eigenvalue weighted by Crippen LogP contribution is -2.22. The molecule has 1 atom stereocenters. The van der Waals surface area contributed by atoms with Gasteiger partial charge in [-0.1, -0.05) is 17.3 Å². The van der Waals surface area contributed by atoms with Crippen LogP contribution in [0, 0.1) is 5.82 Å². The van der Waals surface area contributed by atoms with Crippen molar-refractivity contribution in [2.75, 3.05) is 19.5 Å². The zero-order valence-electron chi connectivity index (χ0n) is 19.3. The van der Waals surface area contributed by atoms with Crippen molar-refractivity contribution < 1.29 is 23.2 Å². The fourth-order valence-electron chi connectivity index (χ4n) is 3.47. The second-order valence-electron chi connectivity index (χ2n) is 7.85. The Morgan fingerprint density at radius 1 is 1.29 bits per heavy atom. The molecule has 0 radical (unpaired) electrons. The molecule has 1 amide bonds. The molecule has 35 heavy (non-hydrogen) atoms. The number of hydrogen-bond acceptors (Lipinski definition) is 8. The van der Waals surface area contributed by atoms with Crippen molar-refractivity contribution in [1.29, 1.82) is 0 Å². The largest absolute Gasteiger partial charge is 0.465 e. The fourth-order valence-corrected chi connectivity index (χ4v) is 4.53. The van der Waals surface area contributed by atoms with Crippen LogP contribution < -0.4 is 5.32 Å². The Kier molecular flexibility index (Phi) is 7.33. The topological polar surface area (TPSA) is 97.6 Å². The van der Waals surface area contributed by atoms with Gasteiger partial charge in [-0.2, -0.15) is 0 Å². The minimum atomic E-state index is -0.573. The molecule has 180 valence electrons. The number of fused-ring (bicyclic) bond motifs is 1. The minimum Gasteiger partial charge on any atom is -0.465 e. The van der Waals surface area contributed by atoms with E-state index in [-0.39, 0.29) is 10.9 Å². The molecule has 1 N–H and O–H groups in total. The highest BCUT2D eigenvalue weighted by atomic mass is 32.1. The second-order valence-corrected chi connectivity index (χ2v) is 8.85. The molecule has 3 aromatic heterocycles. The number of benzene rings is 1. The average Bonchev–Trinajstić information content (AvgIpc) is 3.50. The van der Waals surface area contributed by atoms with Crippen molar-refractivity contribution in [1.82, 2.24) is 15.0 Å². The third-order valence-electron chi connectivity index (χ3n) is 5.47. The number of anilines is 1. The standard InChI is InChI=1S/C25H23FN4O4S/c1-15(20-11-12-34-29-20)30(2)14-18-8-9-19-22(23(25(32)33-3)35-24(19)27-18)28-21(31)10-7-16-5-4-6-17(26)13-16/h4-13,15H,14H2,1-3H3,(H,28,31)/b10-7+/t15-/m1/s1. The van der Waals surface area contributed by atoms with E-state index in [0.717, 1.165) is 22.7 Å². The van der Waals surface area contributed by atoms with Gasteiger partial charge in [0.2, 0.25) is 5.91 Å².